The van der Waals surface area contributed by atoms with Crippen molar-refractivity contribution in [1.29, 1.82) is 0 Å². The Morgan fingerprint density at radius 2 is 1.88 bits per heavy atom. The Morgan fingerprint density at radius 3 is 2.68 bits per heavy atom. The van der Waals surface area contributed by atoms with Crippen LogP contribution in [-0.4, -0.2) is 17.4 Å². The van der Waals surface area contributed by atoms with E-state index in [0.717, 1.165) is 11.3 Å². The summed E-state index contributed by atoms with van der Waals surface area (Å²) in [6, 6.07) is 9.66. The Balaban J connectivity index is 1.61. The fourth-order valence-electron chi connectivity index (χ4n) is 3.89. The number of benzene rings is 1. The van der Waals surface area contributed by atoms with Crippen LogP contribution in [0.3, 0.4) is 0 Å². The highest BCUT2D eigenvalue weighted by molar-refractivity contribution is 5.99. The van der Waals surface area contributed by atoms with Gasteiger partial charge in [0, 0.05) is 30.8 Å². The Kier molecular flexibility index (Phi) is 4.68. The van der Waals surface area contributed by atoms with Gasteiger partial charge >= 0.3 is 0 Å². The first-order chi connectivity index (χ1) is 12.3. The second-order valence-corrected chi connectivity index (χ2v) is 6.90. The van der Waals surface area contributed by atoms with Crippen LogP contribution in [0.2, 0.25) is 0 Å². The fraction of sp³-hybridized carbons (Fsp3) is 0.429. The summed E-state index contributed by atoms with van der Waals surface area (Å²) >= 11 is 0. The van der Waals surface area contributed by atoms with Crippen molar-refractivity contribution in [2.24, 2.45) is 5.92 Å². The molecule has 25 heavy (non-hydrogen) atoms. The van der Waals surface area contributed by atoms with E-state index in [2.05, 4.69) is 4.98 Å². The first kappa shape index (κ1) is 16.1. The maximum atomic E-state index is 12.0. The molecule has 0 spiro atoms. The van der Waals surface area contributed by atoms with Gasteiger partial charge in [-0.15, -0.1) is 0 Å². The van der Waals surface area contributed by atoms with Gasteiger partial charge in [0.05, 0.1) is 12.2 Å². The Bertz CT molecular complexity index is 738. The number of rotatable bonds is 4. The number of nitrogens with zero attached hydrogens (tertiary/aromatic N) is 1. The average molecular weight is 337 g/mol. The highest BCUT2D eigenvalue weighted by Crippen LogP contribution is 2.39. The molecule has 2 aromatic rings. The largest absolute Gasteiger partial charge is 0.492 e. The van der Waals surface area contributed by atoms with E-state index < -0.39 is 0 Å². The van der Waals surface area contributed by atoms with Crippen molar-refractivity contribution < 1.29 is 14.3 Å². The zero-order valence-corrected chi connectivity index (χ0v) is 14.3. The minimum atomic E-state index is 0.0145. The van der Waals surface area contributed by atoms with Crippen LogP contribution < -0.4 is 9.47 Å². The van der Waals surface area contributed by atoms with Gasteiger partial charge in [0.2, 0.25) is 0 Å². The third kappa shape index (κ3) is 3.53. The van der Waals surface area contributed by atoms with Crippen molar-refractivity contribution in [3.8, 4) is 11.5 Å². The molecule has 1 aliphatic carbocycles. The normalized spacial score (nSPS) is 19.0. The van der Waals surface area contributed by atoms with Gasteiger partial charge < -0.3 is 9.47 Å². The van der Waals surface area contributed by atoms with Crippen LogP contribution in [0.15, 0.2) is 42.7 Å². The topological polar surface area (TPSA) is 48.4 Å². The molecule has 2 aliphatic rings. The highest BCUT2D eigenvalue weighted by atomic mass is 16.5. The first-order valence-electron chi connectivity index (χ1n) is 9.18. The van der Waals surface area contributed by atoms with Gasteiger partial charge in [-0.3, -0.25) is 9.78 Å². The molecule has 0 N–H and O–H groups in total. The number of ketones is 1. The molecule has 0 unspecified atom stereocenters. The van der Waals surface area contributed by atoms with E-state index in [-0.39, 0.29) is 11.9 Å². The van der Waals surface area contributed by atoms with Crippen LogP contribution in [0.25, 0.3) is 0 Å². The lowest BCUT2D eigenvalue weighted by Gasteiger charge is -2.31. The fourth-order valence-corrected chi connectivity index (χ4v) is 3.89. The Labute approximate surface area is 148 Å². The molecule has 1 saturated carbocycles. The van der Waals surface area contributed by atoms with Gasteiger partial charge in [-0.2, -0.15) is 0 Å². The van der Waals surface area contributed by atoms with Crippen LogP contribution in [0.1, 0.15) is 60.6 Å². The van der Waals surface area contributed by atoms with Crippen LogP contribution >= 0.6 is 0 Å². The third-order valence-corrected chi connectivity index (χ3v) is 5.22. The zero-order chi connectivity index (χ0) is 17.1. The molecule has 1 fully saturated rings. The van der Waals surface area contributed by atoms with E-state index in [1.165, 1.54) is 32.1 Å². The molecule has 0 bridgehead atoms. The number of hydrogen-bond donors (Lipinski definition) is 0. The van der Waals surface area contributed by atoms with E-state index in [4.69, 9.17) is 9.47 Å². The molecule has 1 aromatic heterocycles. The van der Waals surface area contributed by atoms with Crippen LogP contribution in [-0.2, 0) is 0 Å². The molecule has 4 nitrogen and oxygen atoms in total. The van der Waals surface area contributed by atoms with Crippen molar-refractivity contribution in [3.63, 3.8) is 0 Å². The second-order valence-electron chi connectivity index (χ2n) is 6.90. The number of Topliss-reactive ketones (excluding diaryl/α,β-unsaturated/α-hetero) is 1. The number of hydrogen-bond acceptors (Lipinski definition) is 4. The molecule has 0 saturated heterocycles. The lowest BCUT2D eigenvalue weighted by molar-refractivity contribution is 0.0929. The van der Waals surface area contributed by atoms with Gasteiger partial charge in [-0.25, -0.2) is 0 Å². The van der Waals surface area contributed by atoms with E-state index in [0.29, 0.717) is 30.3 Å². The van der Waals surface area contributed by atoms with Crippen molar-refractivity contribution in [2.45, 2.75) is 44.6 Å². The lowest BCUT2D eigenvalue weighted by atomic mass is 9.83. The quantitative estimate of drug-likeness (QED) is 0.808. The summed E-state index contributed by atoms with van der Waals surface area (Å²) in [5.41, 5.74) is 1.83. The van der Waals surface area contributed by atoms with Gasteiger partial charge in [-0.1, -0.05) is 19.3 Å². The number of carbonyl (C=O) groups is 1. The van der Waals surface area contributed by atoms with E-state index in [1.807, 2.05) is 42.7 Å². The van der Waals surface area contributed by atoms with Gasteiger partial charge in [-0.05, 0) is 42.7 Å². The molecule has 130 valence electrons. The SMILES string of the molecule is O=C1CCOc2cc(O[C@H](c3ccncc3)C3CCCCC3)ccc21. The predicted molar refractivity (Wildman–Crippen MR) is 95.1 cm³/mol. The van der Waals surface area contributed by atoms with Gasteiger partial charge in [0.25, 0.3) is 0 Å². The molecular weight excluding hydrogens is 314 g/mol. The Hall–Kier alpha value is -2.36. The number of ether oxygens (including phenoxy) is 2. The van der Waals surface area contributed by atoms with Gasteiger partial charge in [0.15, 0.2) is 5.78 Å². The predicted octanol–water partition coefficient (Wildman–Crippen LogP) is 4.75. The third-order valence-electron chi connectivity index (χ3n) is 5.22. The number of fused-ring (bicyclic) bond motifs is 1. The monoisotopic (exact) mass is 337 g/mol. The maximum absolute atomic E-state index is 12.0. The van der Waals surface area contributed by atoms with Crippen molar-refractivity contribution in [3.05, 3.63) is 53.9 Å². The summed E-state index contributed by atoms with van der Waals surface area (Å²) in [5, 5.41) is 0. The summed E-state index contributed by atoms with van der Waals surface area (Å²) < 4.78 is 12.1. The molecule has 4 heteroatoms. The van der Waals surface area contributed by atoms with Crippen LogP contribution in [0.5, 0.6) is 11.5 Å². The summed E-state index contributed by atoms with van der Waals surface area (Å²) in [5.74, 6) is 2.06. The number of aromatic nitrogens is 1. The molecule has 0 amide bonds. The molecular formula is C21H23NO3. The first-order valence-corrected chi connectivity index (χ1v) is 9.18. The van der Waals surface area contributed by atoms with E-state index >= 15 is 0 Å². The lowest BCUT2D eigenvalue weighted by Crippen LogP contribution is -2.22. The summed E-state index contributed by atoms with van der Waals surface area (Å²) in [6.45, 7) is 0.450. The highest BCUT2D eigenvalue weighted by Gasteiger charge is 2.27. The molecule has 4 rings (SSSR count). The summed E-state index contributed by atoms with van der Waals surface area (Å²) in [6.07, 6.45) is 10.3. The maximum Gasteiger partial charge on any atom is 0.169 e. The summed E-state index contributed by atoms with van der Waals surface area (Å²) in [7, 11) is 0. The molecule has 0 radical (unpaired) electrons. The van der Waals surface area contributed by atoms with Crippen molar-refractivity contribution in [2.75, 3.05) is 6.61 Å². The van der Waals surface area contributed by atoms with Crippen molar-refractivity contribution >= 4 is 5.78 Å². The standard InChI is InChI=1S/C21H23NO3/c23-19-10-13-24-20-14-17(6-7-18(19)20)25-21(15-4-2-1-3-5-15)16-8-11-22-12-9-16/h6-9,11-12,14-15,21H,1-5,10,13H2/t21-/m0/s1. The average Bonchev–Trinajstić information content (AvgIpc) is 2.68. The van der Waals surface area contributed by atoms with Crippen LogP contribution in [0, 0.1) is 5.92 Å². The van der Waals surface area contributed by atoms with Gasteiger partial charge in [0.1, 0.15) is 17.6 Å². The molecule has 1 aromatic carbocycles. The number of carbonyl (C=O) groups excluding carboxylic acids is 1. The molecule has 1 atom stereocenters. The van der Waals surface area contributed by atoms with E-state index in [1.54, 1.807) is 0 Å². The Morgan fingerprint density at radius 1 is 1.08 bits per heavy atom. The van der Waals surface area contributed by atoms with Crippen molar-refractivity contribution in [1.82, 2.24) is 4.98 Å². The minimum Gasteiger partial charge on any atom is -0.492 e. The van der Waals surface area contributed by atoms with E-state index in [9.17, 15) is 4.79 Å². The number of pyridine rings is 1. The summed E-state index contributed by atoms with van der Waals surface area (Å²) in [4.78, 5) is 16.1. The molecule has 1 aliphatic heterocycles. The second kappa shape index (κ2) is 7.26. The smallest absolute Gasteiger partial charge is 0.169 e. The van der Waals surface area contributed by atoms with Crippen LogP contribution in [0.4, 0.5) is 0 Å². The minimum absolute atomic E-state index is 0.0145. The zero-order valence-electron chi connectivity index (χ0n) is 14.3. The molecule has 2 heterocycles.